The van der Waals surface area contributed by atoms with Crippen LogP contribution in [0.4, 0.5) is 10.1 Å². The molecule has 1 aromatic carbocycles. The zero-order chi connectivity index (χ0) is 18.8. The second-order valence-electron chi connectivity index (χ2n) is 6.68. The number of amidine groups is 1. The van der Waals surface area contributed by atoms with E-state index in [0.29, 0.717) is 10.8 Å². The van der Waals surface area contributed by atoms with E-state index in [1.165, 1.54) is 29.8 Å². The Balaban J connectivity index is 1.76. The van der Waals surface area contributed by atoms with Crippen LogP contribution in [0.25, 0.3) is 0 Å². The van der Waals surface area contributed by atoms with Gasteiger partial charge in [-0.25, -0.2) is 14.1 Å². The first-order valence-corrected chi connectivity index (χ1v) is 10.6. The number of esters is 1. The smallest absolute Gasteiger partial charge is 0.316 e. The highest BCUT2D eigenvalue weighted by Gasteiger charge is 2.37. The number of benzene rings is 1. The van der Waals surface area contributed by atoms with Gasteiger partial charge in [0.1, 0.15) is 11.5 Å². The number of nitrogens with one attached hydrogen (secondary N) is 1. The molecule has 3 rings (SSSR count). The highest BCUT2D eigenvalue weighted by Crippen LogP contribution is 2.36. The molecule has 0 spiro atoms. The van der Waals surface area contributed by atoms with Gasteiger partial charge in [-0.2, -0.15) is 0 Å². The quantitative estimate of drug-likeness (QED) is 0.434. The second-order valence-corrected chi connectivity index (χ2v) is 8.91. The van der Waals surface area contributed by atoms with Crippen molar-refractivity contribution in [3.05, 3.63) is 23.0 Å². The highest BCUT2D eigenvalue weighted by molar-refractivity contribution is 8.12. The van der Waals surface area contributed by atoms with Gasteiger partial charge in [0.05, 0.1) is 23.0 Å². The lowest BCUT2D eigenvalue weighted by Crippen LogP contribution is -2.30. The predicted octanol–water partition coefficient (Wildman–Crippen LogP) is 4.43. The Morgan fingerprint density at radius 1 is 1.58 bits per heavy atom. The summed E-state index contributed by atoms with van der Waals surface area (Å²) in [5.74, 6) is -0.121. The fraction of sp³-hybridized carbons (Fsp3) is 0.529. The lowest BCUT2D eigenvalue weighted by atomic mass is 10.1. The van der Waals surface area contributed by atoms with Gasteiger partial charge in [0.15, 0.2) is 5.17 Å². The van der Waals surface area contributed by atoms with Crippen LogP contribution < -0.4 is 4.72 Å². The van der Waals surface area contributed by atoms with E-state index in [9.17, 15) is 9.18 Å². The Labute approximate surface area is 166 Å². The third-order valence-electron chi connectivity index (χ3n) is 3.97. The average molecular weight is 418 g/mol. The Kier molecular flexibility index (Phi) is 6.37. The van der Waals surface area contributed by atoms with Gasteiger partial charge in [-0.1, -0.05) is 18.5 Å². The first-order chi connectivity index (χ1) is 12.3. The molecule has 2 heterocycles. The van der Waals surface area contributed by atoms with E-state index >= 15 is 0 Å². The minimum absolute atomic E-state index is 0.113. The zero-order valence-corrected chi connectivity index (χ0v) is 17.2. The minimum Gasteiger partial charge on any atom is -0.462 e. The number of carbonyl (C=O) groups is 1. The molecule has 0 bridgehead atoms. The summed E-state index contributed by atoms with van der Waals surface area (Å²) in [6.07, 6.45) is 1.13. The summed E-state index contributed by atoms with van der Waals surface area (Å²) >= 11 is 8.77. The topological polar surface area (TPSA) is 53.9 Å². The largest absolute Gasteiger partial charge is 0.462 e. The second kappa shape index (κ2) is 8.37. The molecule has 0 saturated carbocycles. The van der Waals surface area contributed by atoms with E-state index in [-0.39, 0.29) is 34.7 Å². The molecule has 2 aliphatic heterocycles. The molecule has 2 aliphatic rings. The molecule has 2 unspecified atom stereocenters. The maximum Gasteiger partial charge on any atom is 0.316 e. The molecule has 2 fully saturated rings. The van der Waals surface area contributed by atoms with Crippen molar-refractivity contribution in [1.29, 1.82) is 0 Å². The fourth-order valence-corrected chi connectivity index (χ4v) is 4.86. The summed E-state index contributed by atoms with van der Waals surface area (Å²) in [6.45, 7) is 6.68. The van der Waals surface area contributed by atoms with Crippen molar-refractivity contribution in [2.24, 2.45) is 10.9 Å². The first-order valence-electron chi connectivity index (χ1n) is 8.42. The number of rotatable bonds is 5. The van der Waals surface area contributed by atoms with Crippen LogP contribution in [-0.4, -0.2) is 40.6 Å². The minimum atomic E-state index is -0.479. The van der Waals surface area contributed by atoms with E-state index in [1.807, 2.05) is 0 Å². The van der Waals surface area contributed by atoms with Gasteiger partial charge in [0, 0.05) is 11.4 Å². The van der Waals surface area contributed by atoms with Crippen molar-refractivity contribution in [2.45, 2.75) is 44.4 Å². The molecule has 26 heavy (non-hydrogen) atoms. The summed E-state index contributed by atoms with van der Waals surface area (Å²) in [7, 11) is 0. The molecular formula is C17H21ClFN3O2S2. The molecular weight excluding hydrogens is 397 g/mol. The number of ether oxygens (including phenoxy) is 1. The molecule has 1 N–H and O–H groups in total. The van der Waals surface area contributed by atoms with Gasteiger partial charge in [-0.3, -0.25) is 4.79 Å². The summed E-state index contributed by atoms with van der Waals surface area (Å²) in [6, 6.07) is 2.83. The molecule has 0 radical (unpaired) electrons. The highest BCUT2D eigenvalue weighted by atomic mass is 35.5. The van der Waals surface area contributed by atoms with Gasteiger partial charge in [-0.15, -0.1) is 11.8 Å². The van der Waals surface area contributed by atoms with Crippen LogP contribution in [0.15, 0.2) is 22.0 Å². The number of hydrogen-bond donors (Lipinski definition) is 1. The molecule has 0 amide bonds. The third kappa shape index (κ3) is 4.65. The average Bonchev–Trinajstić information content (AvgIpc) is 3.08. The normalized spacial score (nSPS) is 23.8. The Bertz CT molecular complexity index is 732. The molecule has 0 aromatic heterocycles. The third-order valence-corrected chi connectivity index (χ3v) is 6.32. The number of halogens is 2. The molecule has 2 saturated heterocycles. The molecule has 2 atom stereocenters. The molecule has 1 aromatic rings. The van der Waals surface area contributed by atoms with Crippen molar-refractivity contribution in [1.82, 2.24) is 9.62 Å². The summed E-state index contributed by atoms with van der Waals surface area (Å²) in [4.78, 5) is 19.0. The number of carbonyl (C=O) groups excluding carboxylic acids is 1. The molecule has 142 valence electrons. The maximum absolute atomic E-state index is 14.3. The number of aliphatic imine (C=N–C) groups is 1. The van der Waals surface area contributed by atoms with Crippen LogP contribution in [0.3, 0.4) is 0 Å². The number of fused-ring (bicyclic) bond motifs is 1. The summed E-state index contributed by atoms with van der Waals surface area (Å²) in [5.41, 5.74) is 0.221. The van der Waals surface area contributed by atoms with Crippen LogP contribution in [0.2, 0.25) is 5.02 Å². The number of nitrogens with zero attached hydrogens (tertiary/aromatic N) is 2. The van der Waals surface area contributed by atoms with E-state index < -0.39 is 5.82 Å². The van der Waals surface area contributed by atoms with Gasteiger partial charge >= 0.3 is 5.97 Å². The van der Waals surface area contributed by atoms with E-state index in [2.05, 4.69) is 21.5 Å². The SMILES string of the molecule is CC1CC2NS/C(=N\c3cc(SCC(=O)OC(C)C)c(Cl)cc3F)N2C1. The first kappa shape index (κ1) is 19.8. The fourth-order valence-electron chi connectivity index (χ4n) is 2.89. The maximum atomic E-state index is 14.3. The predicted molar refractivity (Wildman–Crippen MR) is 105 cm³/mol. The van der Waals surface area contributed by atoms with E-state index in [0.717, 1.165) is 18.1 Å². The molecule has 0 aliphatic carbocycles. The monoisotopic (exact) mass is 417 g/mol. The standard InChI is InChI=1S/C17H21ClFN3O2S2/c1-9(2)24-16(23)8-25-14-6-13(12(19)5-11(14)18)20-17-22-7-10(3)4-15(22)21-26-17/h5-6,9-10,15,21H,4,7-8H2,1-3H3/b20-17-. The van der Waals surface area contributed by atoms with Gasteiger partial charge in [-0.05, 0) is 50.3 Å². The van der Waals surface area contributed by atoms with Crippen LogP contribution in [0, 0.1) is 11.7 Å². The van der Waals surface area contributed by atoms with Gasteiger partial charge in [0.25, 0.3) is 0 Å². The summed E-state index contributed by atoms with van der Waals surface area (Å²) < 4.78 is 22.8. The zero-order valence-electron chi connectivity index (χ0n) is 14.8. The number of thioether (sulfide) groups is 1. The van der Waals surface area contributed by atoms with Crippen molar-refractivity contribution >= 4 is 52.1 Å². The Hall–Kier alpha value is -0.960. The number of hydrogen-bond acceptors (Lipinski definition) is 6. The van der Waals surface area contributed by atoms with Crippen LogP contribution in [0.1, 0.15) is 27.2 Å². The van der Waals surface area contributed by atoms with Crippen LogP contribution in [0.5, 0.6) is 0 Å². The van der Waals surface area contributed by atoms with Crippen molar-refractivity contribution in [3.8, 4) is 0 Å². The lowest BCUT2D eigenvalue weighted by molar-refractivity contribution is -0.144. The van der Waals surface area contributed by atoms with E-state index in [4.69, 9.17) is 16.3 Å². The van der Waals surface area contributed by atoms with Gasteiger partial charge in [0.2, 0.25) is 0 Å². The Morgan fingerprint density at radius 3 is 3.08 bits per heavy atom. The molecule has 9 heteroatoms. The summed E-state index contributed by atoms with van der Waals surface area (Å²) in [5, 5.41) is 1.02. The lowest BCUT2D eigenvalue weighted by Gasteiger charge is -2.16. The van der Waals surface area contributed by atoms with Crippen molar-refractivity contribution < 1.29 is 13.9 Å². The van der Waals surface area contributed by atoms with Crippen LogP contribution in [-0.2, 0) is 9.53 Å². The molecule has 5 nitrogen and oxygen atoms in total. The van der Waals surface area contributed by atoms with Crippen LogP contribution >= 0.6 is 35.3 Å². The van der Waals surface area contributed by atoms with Crippen molar-refractivity contribution in [2.75, 3.05) is 12.3 Å². The Morgan fingerprint density at radius 2 is 2.35 bits per heavy atom. The van der Waals surface area contributed by atoms with Gasteiger partial charge < -0.3 is 9.64 Å². The van der Waals surface area contributed by atoms with E-state index in [1.54, 1.807) is 19.9 Å². The van der Waals surface area contributed by atoms with Crippen molar-refractivity contribution in [3.63, 3.8) is 0 Å².